The van der Waals surface area contributed by atoms with Crippen LogP contribution in [0.3, 0.4) is 0 Å². The number of amides is 2. The first-order valence-electron chi connectivity index (χ1n) is 15.1. The number of aromatic nitrogens is 2. The van der Waals surface area contributed by atoms with Crippen LogP contribution in [-0.2, 0) is 29.1 Å². The van der Waals surface area contributed by atoms with Crippen LogP contribution in [-0.4, -0.2) is 78.5 Å². The summed E-state index contributed by atoms with van der Waals surface area (Å²) < 4.78 is 6.22. The lowest BCUT2D eigenvalue weighted by molar-refractivity contribution is -0.134. The molecule has 3 aromatic rings. The molecule has 2 aliphatic heterocycles. The van der Waals surface area contributed by atoms with Crippen LogP contribution >= 0.6 is 0 Å². The van der Waals surface area contributed by atoms with E-state index >= 15 is 0 Å². The predicted octanol–water partition coefficient (Wildman–Crippen LogP) is 3.71. The fourth-order valence-corrected chi connectivity index (χ4v) is 5.79. The smallest absolute Gasteiger partial charge is 0.236 e. The van der Waals surface area contributed by atoms with E-state index in [1.807, 2.05) is 60.6 Å². The van der Waals surface area contributed by atoms with Crippen molar-refractivity contribution >= 4 is 17.5 Å². The molecule has 1 fully saturated rings. The van der Waals surface area contributed by atoms with Crippen LogP contribution in [0.4, 0.5) is 5.69 Å². The number of piperidine rings is 1. The van der Waals surface area contributed by atoms with Crippen LogP contribution < -0.4 is 15.0 Å². The molecule has 4 heterocycles. The first kappa shape index (κ1) is 30.2. The van der Waals surface area contributed by atoms with Crippen molar-refractivity contribution in [2.75, 3.05) is 51.8 Å². The number of nitrogens with zero attached hydrogens (tertiary/aromatic N) is 5. The Morgan fingerprint density at radius 3 is 2.84 bits per heavy atom. The molecule has 5 rings (SSSR count). The lowest BCUT2D eigenvalue weighted by Crippen LogP contribution is -2.47. The molecule has 2 bridgehead atoms. The minimum atomic E-state index is 0.0854. The second-order valence-corrected chi connectivity index (χ2v) is 11.5. The summed E-state index contributed by atoms with van der Waals surface area (Å²) in [5.74, 6) is 1.25. The summed E-state index contributed by atoms with van der Waals surface area (Å²) in [6.45, 7) is 3.86. The summed E-state index contributed by atoms with van der Waals surface area (Å²) in [5.41, 5.74) is 4.18. The molecule has 2 aliphatic rings. The molecule has 0 unspecified atom stereocenters. The Kier molecular flexibility index (Phi) is 10.4. The number of carbonyl (C=O) groups excluding carboxylic acids is 2. The Morgan fingerprint density at radius 1 is 1.12 bits per heavy atom. The van der Waals surface area contributed by atoms with Gasteiger partial charge >= 0.3 is 0 Å². The minimum Gasteiger partial charge on any atom is -0.489 e. The van der Waals surface area contributed by atoms with Gasteiger partial charge in [-0.3, -0.25) is 19.6 Å². The van der Waals surface area contributed by atoms with E-state index in [1.165, 1.54) is 0 Å². The fourth-order valence-electron chi connectivity index (χ4n) is 5.79. The Balaban J connectivity index is 1.23. The molecule has 0 spiro atoms. The molecule has 2 aromatic heterocycles. The highest BCUT2D eigenvalue weighted by Gasteiger charge is 2.32. The molecule has 9 heteroatoms. The molecule has 2 atom stereocenters. The third-order valence-electron chi connectivity index (χ3n) is 8.39. The normalized spacial score (nSPS) is 19.6. The molecule has 1 aromatic carbocycles. The van der Waals surface area contributed by atoms with Crippen LogP contribution in [0.1, 0.15) is 29.7 Å². The molecule has 0 aliphatic carbocycles. The van der Waals surface area contributed by atoms with Crippen LogP contribution in [0, 0.1) is 11.8 Å². The monoisotopic (exact) mass is 582 g/mol. The van der Waals surface area contributed by atoms with E-state index < -0.39 is 0 Å². The maximum atomic E-state index is 13.2. The van der Waals surface area contributed by atoms with Gasteiger partial charge in [0.2, 0.25) is 11.8 Å². The van der Waals surface area contributed by atoms with Crippen molar-refractivity contribution < 1.29 is 14.3 Å². The minimum absolute atomic E-state index is 0.0854. The van der Waals surface area contributed by atoms with E-state index in [1.54, 1.807) is 17.3 Å². The van der Waals surface area contributed by atoms with Gasteiger partial charge in [-0.1, -0.05) is 24.3 Å². The van der Waals surface area contributed by atoms with Crippen LogP contribution in [0.5, 0.6) is 5.75 Å². The quantitative estimate of drug-likeness (QED) is 0.405. The molecular formula is C34H42N6O3. The van der Waals surface area contributed by atoms with Crippen molar-refractivity contribution in [1.29, 1.82) is 0 Å². The Morgan fingerprint density at radius 2 is 2.02 bits per heavy atom. The van der Waals surface area contributed by atoms with Gasteiger partial charge in [0.1, 0.15) is 12.4 Å². The van der Waals surface area contributed by atoms with Gasteiger partial charge in [-0.15, -0.1) is 0 Å². The third-order valence-corrected chi connectivity index (χ3v) is 8.39. The summed E-state index contributed by atoms with van der Waals surface area (Å²) in [6, 6.07) is 16.1. The number of rotatable bonds is 8. The summed E-state index contributed by atoms with van der Waals surface area (Å²) in [5, 5.41) is 3.35. The summed E-state index contributed by atoms with van der Waals surface area (Å²) in [6.07, 6.45) is 11.6. The lowest BCUT2D eigenvalue weighted by atomic mass is 9.82. The number of carbonyl (C=O) groups is 2. The number of hydrogen-bond acceptors (Lipinski definition) is 7. The van der Waals surface area contributed by atoms with Crippen molar-refractivity contribution in [1.82, 2.24) is 25.1 Å². The number of ether oxygens (including phenoxy) is 1. The van der Waals surface area contributed by atoms with Crippen molar-refractivity contribution in [3.63, 3.8) is 0 Å². The van der Waals surface area contributed by atoms with Gasteiger partial charge in [0.15, 0.2) is 0 Å². The third kappa shape index (κ3) is 8.41. The summed E-state index contributed by atoms with van der Waals surface area (Å²) in [4.78, 5) is 40.8. The zero-order chi connectivity index (χ0) is 30.0. The van der Waals surface area contributed by atoms with Gasteiger partial charge in [-0.25, -0.2) is 0 Å². The zero-order valence-corrected chi connectivity index (χ0v) is 25.2. The Labute approximate surface area is 254 Å². The first-order chi connectivity index (χ1) is 21.0. The van der Waals surface area contributed by atoms with Gasteiger partial charge in [0.25, 0.3) is 0 Å². The lowest BCUT2D eigenvalue weighted by Gasteiger charge is -2.37. The predicted molar refractivity (Wildman–Crippen MR) is 167 cm³/mol. The number of benzene rings is 1. The molecule has 43 heavy (non-hydrogen) atoms. The zero-order valence-electron chi connectivity index (χ0n) is 25.2. The van der Waals surface area contributed by atoms with E-state index in [-0.39, 0.29) is 30.2 Å². The van der Waals surface area contributed by atoms with Crippen LogP contribution in [0.25, 0.3) is 0 Å². The van der Waals surface area contributed by atoms with Gasteiger partial charge in [0.05, 0.1) is 6.54 Å². The molecule has 0 radical (unpaired) electrons. The first-order valence-corrected chi connectivity index (χ1v) is 15.1. The van der Waals surface area contributed by atoms with Crippen molar-refractivity contribution in [3.05, 3.63) is 96.1 Å². The molecule has 9 nitrogen and oxygen atoms in total. The highest BCUT2D eigenvalue weighted by molar-refractivity contribution is 5.79. The molecule has 0 saturated carbocycles. The maximum Gasteiger partial charge on any atom is 0.236 e. The average molecular weight is 583 g/mol. The highest BCUT2D eigenvalue weighted by Crippen LogP contribution is 2.30. The number of anilines is 1. The summed E-state index contributed by atoms with van der Waals surface area (Å²) >= 11 is 0. The summed E-state index contributed by atoms with van der Waals surface area (Å²) in [7, 11) is 3.92. The molecule has 226 valence electrons. The van der Waals surface area contributed by atoms with Gasteiger partial charge in [-0.2, -0.15) is 0 Å². The SMILES string of the molecule is CN(Cc1cccnc1)C(=O)C[C@@H]1CCN2C[C@@H]1/C=C/COc1ccc(N(C)CCc3ccccn3)cc1CNCC2=O. The number of likely N-dealkylation sites (N-methyl/N-ethyl adjacent to an activating group) is 1. The van der Waals surface area contributed by atoms with Crippen molar-refractivity contribution in [2.24, 2.45) is 11.8 Å². The van der Waals surface area contributed by atoms with E-state index in [4.69, 9.17) is 4.74 Å². The maximum absolute atomic E-state index is 13.2. The van der Waals surface area contributed by atoms with Crippen molar-refractivity contribution in [3.8, 4) is 5.75 Å². The topological polar surface area (TPSA) is 90.9 Å². The van der Waals surface area contributed by atoms with Crippen LogP contribution in [0.2, 0.25) is 0 Å². The van der Waals surface area contributed by atoms with E-state index in [0.29, 0.717) is 39.2 Å². The number of nitrogens with one attached hydrogen (secondary N) is 1. The number of pyridine rings is 2. The van der Waals surface area contributed by atoms with Gasteiger partial charge in [0, 0.05) is 95.2 Å². The Bertz CT molecular complexity index is 1380. The average Bonchev–Trinajstić information content (AvgIpc) is 3.04. The molecule has 2 amide bonds. The molecular weight excluding hydrogens is 540 g/mol. The van der Waals surface area contributed by atoms with Gasteiger partial charge < -0.3 is 24.8 Å². The largest absolute Gasteiger partial charge is 0.489 e. The van der Waals surface area contributed by atoms with Crippen LogP contribution in [0.15, 0.2) is 79.3 Å². The standard InChI is InChI=1S/C34H42N6O3/c1-38(16-13-30-9-3-4-15-37-30)31-10-11-32-29(19-31)22-36-23-34(42)40-17-12-27(28(25-40)8-6-18-43-32)20-33(41)39(2)24-26-7-5-14-35-21-26/h3-11,14-15,19,21,27-28,36H,12-13,16-18,20,22-25H2,1-2H3/b8-6+/t27-,28-/m0/s1. The van der Waals surface area contributed by atoms with E-state index in [0.717, 1.165) is 47.6 Å². The van der Waals surface area contributed by atoms with E-state index in [9.17, 15) is 9.59 Å². The van der Waals surface area contributed by atoms with E-state index in [2.05, 4.69) is 45.4 Å². The number of hydrogen-bond donors (Lipinski definition) is 1. The molecule has 1 saturated heterocycles. The van der Waals surface area contributed by atoms with Gasteiger partial charge in [-0.05, 0) is 60.2 Å². The fraction of sp³-hybridized carbons (Fsp3) is 0.412. The molecule has 1 N–H and O–H groups in total. The second-order valence-electron chi connectivity index (χ2n) is 11.5. The Hall–Kier alpha value is -4.24. The second kappa shape index (κ2) is 14.8. The number of fused-ring (bicyclic) bond motifs is 3. The highest BCUT2D eigenvalue weighted by atomic mass is 16.5. The van der Waals surface area contributed by atoms with Crippen molar-refractivity contribution in [2.45, 2.75) is 32.4 Å².